The number of H-pyrrole nitrogens is 1. The molecule has 0 aliphatic heterocycles. The lowest BCUT2D eigenvalue weighted by atomic mass is 10.1. The van der Waals surface area contributed by atoms with E-state index in [4.69, 9.17) is 0 Å². The van der Waals surface area contributed by atoms with Crippen LogP contribution in [0.2, 0.25) is 0 Å². The maximum atomic E-state index is 13.0. The molecule has 4 rings (SSSR count). The minimum absolute atomic E-state index is 0.0624. The number of aromatic hydroxyl groups is 1. The Bertz CT molecular complexity index is 1260. The summed E-state index contributed by atoms with van der Waals surface area (Å²) in [6.07, 6.45) is -1.77. The minimum atomic E-state index is -4.83. The molecule has 0 unspecified atom stereocenters. The van der Waals surface area contributed by atoms with Gasteiger partial charge in [-0.3, -0.25) is 9.55 Å². The number of nitrogens with one attached hydrogen (secondary N) is 1. The average Bonchev–Trinajstić information content (AvgIpc) is 3.32. The molecular weight excluding hydrogens is 419 g/mol. The van der Waals surface area contributed by atoms with Crippen molar-refractivity contribution >= 4 is 0 Å². The van der Waals surface area contributed by atoms with E-state index in [1.54, 1.807) is 13.0 Å². The topological polar surface area (TPSA) is 124 Å². The highest BCUT2D eigenvalue weighted by Gasteiger charge is 2.31. The van der Waals surface area contributed by atoms with Gasteiger partial charge in [-0.15, -0.1) is 23.4 Å². The first-order chi connectivity index (χ1) is 14.7. The van der Waals surface area contributed by atoms with Crippen LogP contribution in [0.1, 0.15) is 11.3 Å². The van der Waals surface area contributed by atoms with E-state index in [2.05, 4.69) is 30.3 Å². The van der Waals surface area contributed by atoms with E-state index in [1.165, 1.54) is 29.1 Å². The SMILES string of the molecule is Cc1c(O)n(-c2ccc(OC(F)(F)F)cc2)c(=O)n1Cc1ccncc1-c1nn[nH]n1. The Morgan fingerprint density at radius 1 is 1.19 bits per heavy atom. The molecule has 2 N–H and O–H groups in total. The normalized spacial score (nSPS) is 11.6. The second kappa shape index (κ2) is 7.59. The summed E-state index contributed by atoms with van der Waals surface area (Å²) in [5.74, 6) is -0.496. The fourth-order valence-electron chi connectivity index (χ4n) is 3.06. The Labute approximate surface area is 171 Å². The maximum absolute atomic E-state index is 13.0. The molecule has 1 aromatic carbocycles. The van der Waals surface area contributed by atoms with Gasteiger partial charge in [0, 0.05) is 18.0 Å². The molecule has 0 amide bonds. The number of imidazole rings is 1. The first-order valence-corrected chi connectivity index (χ1v) is 8.78. The maximum Gasteiger partial charge on any atom is 0.573 e. The van der Waals surface area contributed by atoms with Crippen LogP contribution in [-0.2, 0) is 6.54 Å². The third-order valence-corrected chi connectivity index (χ3v) is 4.52. The van der Waals surface area contributed by atoms with Crippen molar-refractivity contribution in [3.05, 3.63) is 64.5 Å². The van der Waals surface area contributed by atoms with Crippen LogP contribution in [0.4, 0.5) is 13.2 Å². The van der Waals surface area contributed by atoms with E-state index in [9.17, 15) is 23.1 Å². The number of pyridine rings is 1. The summed E-state index contributed by atoms with van der Waals surface area (Å²) in [7, 11) is 0. The van der Waals surface area contributed by atoms with Gasteiger partial charge in [0.25, 0.3) is 0 Å². The highest BCUT2D eigenvalue weighted by atomic mass is 19.4. The Morgan fingerprint density at radius 3 is 2.58 bits per heavy atom. The number of hydrogen-bond donors (Lipinski definition) is 2. The Kier molecular flexibility index (Phi) is 4.93. The molecule has 160 valence electrons. The third-order valence-electron chi connectivity index (χ3n) is 4.52. The fraction of sp³-hybridized carbons (Fsp3) is 0.167. The molecule has 0 aliphatic rings. The molecule has 0 fully saturated rings. The smallest absolute Gasteiger partial charge is 0.493 e. The Morgan fingerprint density at radius 2 is 1.94 bits per heavy atom. The Balaban J connectivity index is 1.71. The van der Waals surface area contributed by atoms with Crippen LogP contribution in [0.5, 0.6) is 11.6 Å². The van der Waals surface area contributed by atoms with E-state index in [0.29, 0.717) is 11.1 Å². The van der Waals surface area contributed by atoms with Gasteiger partial charge in [0.1, 0.15) is 5.75 Å². The van der Waals surface area contributed by atoms with Crippen LogP contribution < -0.4 is 10.4 Å². The molecule has 13 heteroatoms. The molecule has 0 bridgehead atoms. The number of aromatic amines is 1. The molecule has 0 saturated heterocycles. The first-order valence-electron chi connectivity index (χ1n) is 8.78. The van der Waals surface area contributed by atoms with Crippen molar-refractivity contribution in [1.82, 2.24) is 34.7 Å². The number of nitrogens with zero attached hydrogens (tertiary/aromatic N) is 6. The van der Waals surface area contributed by atoms with Gasteiger partial charge in [-0.05, 0) is 48.0 Å². The lowest BCUT2D eigenvalue weighted by Crippen LogP contribution is -2.24. The summed E-state index contributed by atoms with van der Waals surface area (Å²) in [4.78, 5) is 17.1. The van der Waals surface area contributed by atoms with E-state index >= 15 is 0 Å². The zero-order valence-corrected chi connectivity index (χ0v) is 15.8. The van der Waals surface area contributed by atoms with E-state index in [1.807, 2.05) is 0 Å². The predicted molar refractivity (Wildman–Crippen MR) is 99.6 cm³/mol. The quantitative estimate of drug-likeness (QED) is 0.494. The fourth-order valence-corrected chi connectivity index (χ4v) is 3.06. The zero-order chi connectivity index (χ0) is 22.2. The molecule has 3 aromatic heterocycles. The number of hydrogen-bond acceptors (Lipinski definition) is 7. The highest BCUT2D eigenvalue weighted by molar-refractivity contribution is 5.57. The van der Waals surface area contributed by atoms with Crippen LogP contribution >= 0.6 is 0 Å². The van der Waals surface area contributed by atoms with Crippen molar-refractivity contribution in [1.29, 1.82) is 0 Å². The molecule has 0 spiro atoms. The van der Waals surface area contributed by atoms with Crippen LogP contribution in [0, 0.1) is 6.92 Å². The number of tetrazole rings is 1. The van der Waals surface area contributed by atoms with Crippen molar-refractivity contribution in [3.63, 3.8) is 0 Å². The summed E-state index contributed by atoms with van der Waals surface area (Å²) in [5, 5.41) is 24.2. The van der Waals surface area contributed by atoms with E-state index in [-0.39, 0.29) is 29.6 Å². The summed E-state index contributed by atoms with van der Waals surface area (Å²) in [6, 6.07) is 6.26. The molecule has 0 saturated carbocycles. The molecule has 3 heterocycles. The number of ether oxygens (including phenoxy) is 1. The van der Waals surface area contributed by atoms with Crippen molar-refractivity contribution in [2.24, 2.45) is 0 Å². The summed E-state index contributed by atoms with van der Waals surface area (Å²) in [6.45, 7) is 1.61. The number of aromatic nitrogens is 7. The molecule has 31 heavy (non-hydrogen) atoms. The standard InChI is InChI=1S/C18H14F3N7O3/c1-10-16(29)28(12-2-4-13(5-3-12)31-18(19,20)21)17(30)27(10)9-11-6-7-22-8-14(11)15-23-25-26-24-15/h2-8,29H,9H2,1H3,(H,23,24,25,26). The predicted octanol–water partition coefficient (Wildman–Crippen LogP) is 2.18. The average molecular weight is 433 g/mol. The molecule has 4 aromatic rings. The first kappa shape index (κ1) is 20.1. The Hall–Kier alpha value is -4.16. The summed E-state index contributed by atoms with van der Waals surface area (Å²) in [5.41, 5.74) is 1.04. The second-order valence-corrected chi connectivity index (χ2v) is 6.42. The zero-order valence-electron chi connectivity index (χ0n) is 15.8. The highest BCUT2D eigenvalue weighted by Crippen LogP contribution is 2.26. The number of halogens is 3. The van der Waals surface area contributed by atoms with Crippen molar-refractivity contribution in [2.75, 3.05) is 0 Å². The van der Waals surface area contributed by atoms with Gasteiger partial charge in [0.2, 0.25) is 11.7 Å². The molecule has 0 radical (unpaired) electrons. The number of benzene rings is 1. The monoisotopic (exact) mass is 433 g/mol. The van der Waals surface area contributed by atoms with Gasteiger partial charge >= 0.3 is 12.1 Å². The number of alkyl halides is 3. The molecule has 0 aliphatic carbocycles. The van der Waals surface area contributed by atoms with Gasteiger partial charge in [-0.25, -0.2) is 9.36 Å². The molecule has 0 atom stereocenters. The largest absolute Gasteiger partial charge is 0.573 e. The lowest BCUT2D eigenvalue weighted by Gasteiger charge is -2.09. The van der Waals surface area contributed by atoms with Gasteiger partial charge in [-0.1, -0.05) is 0 Å². The molecule has 10 nitrogen and oxygen atoms in total. The molecular formula is C18H14F3N7O3. The van der Waals surface area contributed by atoms with Crippen molar-refractivity contribution in [3.8, 4) is 28.7 Å². The van der Waals surface area contributed by atoms with Crippen molar-refractivity contribution in [2.45, 2.75) is 19.8 Å². The summed E-state index contributed by atoms with van der Waals surface area (Å²) < 4.78 is 43.2. The number of rotatable bonds is 5. The second-order valence-electron chi connectivity index (χ2n) is 6.42. The van der Waals surface area contributed by atoms with E-state index < -0.39 is 17.8 Å². The van der Waals surface area contributed by atoms with Crippen LogP contribution in [0.15, 0.2) is 47.5 Å². The van der Waals surface area contributed by atoms with E-state index in [0.717, 1.165) is 16.7 Å². The van der Waals surface area contributed by atoms with Gasteiger partial charge < -0.3 is 9.84 Å². The van der Waals surface area contributed by atoms with Gasteiger partial charge in [0.15, 0.2) is 0 Å². The summed E-state index contributed by atoms with van der Waals surface area (Å²) >= 11 is 0. The van der Waals surface area contributed by atoms with Crippen LogP contribution in [0.3, 0.4) is 0 Å². The van der Waals surface area contributed by atoms with Gasteiger partial charge in [0.05, 0.1) is 17.9 Å². The minimum Gasteiger partial charge on any atom is -0.493 e. The lowest BCUT2D eigenvalue weighted by molar-refractivity contribution is -0.274. The third kappa shape index (κ3) is 3.97. The van der Waals surface area contributed by atoms with Crippen LogP contribution in [-0.4, -0.2) is 46.2 Å². The van der Waals surface area contributed by atoms with Gasteiger partial charge in [-0.2, -0.15) is 5.21 Å². The van der Waals surface area contributed by atoms with Crippen molar-refractivity contribution < 1.29 is 23.0 Å². The van der Waals surface area contributed by atoms with Crippen LogP contribution in [0.25, 0.3) is 17.1 Å².